The lowest BCUT2D eigenvalue weighted by atomic mass is 10.4. The van der Waals surface area contributed by atoms with Crippen LogP contribution in [0.2, 0.25) is 0 Å². The van der Waals surface area contributed by atoms with E-state index in [-0.39, 0.29) is 5.95 Å². The predicted octanol–water partition coefficient (Wildman–Crippen LogP) is 1.26. The molecule has 1 aliphatic rings. The highest BCUT2D eigenvalue weighted by Crippen LogP contribution is 2.31. The number of nitrogens with two attached hydrogens (primary N) is 1. The Balaban J connectivity index is 1.65. The summed E-state index contributed by atoms with van der Waals surface area (Å²) in [5.74, 6) is 2.06. The van der Waals surface area contributed by atoms with Gasteiger partial charge >= 0.3 is 0 Å². The van der Waals surface area contributed by atoms with Gasteiger partial charge in [0.2, 0.25) is 17.0 Å². The van der Waals surface area contributed by atoms with Gasteiger partial charge in [-0.1, -0.05) is 23.1 Å². The van der Waals surface area contributed by atoms with Gasteiger partial charge < -0.3 is 15.5 Å². The Bertz CT molecular complexity index is 638. The molecule has 118 valence electrons. The highest BCUT2D eigenvalue weighted by atomic mass is 32.2. The molecule has 0 bridgehead atoms. The van der Waals surface area contributed by atoms with Gasteiger partial charge in [0.25, 0.3) is 0 Å². The maximum atomic E-state index is 5.72. The highest BCUT2D eigenvalue weighted by Gasteiger charge is 2.17. The molecule has 1 fully saturated rings. The van der Waals surface area contributed by atoms with Crippen LogP contribution in [0.4, 0.5) is 17.0 Å². The molecular weight excluding hydrogens is 320 g/mol. The van der Waals surface area contributed by atoms with Crippen molar-refractivity contribution in [3.63, 3.8) is 0 Å². The second-order valence-corrected chi connectivity index (χ2v) is 7.32. The van der Waals surface area contributed by atoms with E-state index < -0.39 is 0 Å². The molecule has 22 heavy (non-hydrogen) atoms. The van der Waals surface area contributed by atoms with Crippen LogP contribution in [0, 0.1) is 0 Å². The molecule has 2 aromatic rings. The molecule has 2 aromatic heterocycles. The summed E-state index contributed by atoms with van der Waals surface area (Å²) < 4.78 is 0.923. The number of anilines is 3. The molecular formula is C12H18N8S2. The normalized spacial score (nSPS) is 14.5. The average molecular weight is 338 g/mol. The Hall–Kier alpha value is -1.68. The van der Waals surface area contributed by atoms with E-state index in [0.717, 1.165) is 22.6 Å². The molecule has 0 spiro atoms. The predicted molar refractivity (Wildman–Crippen MR) is 89.5 cm³/mol. The first-order chi connectivity index (χ1) is 10.6. The average Bonchev–Trinajstić information content (AvgIpc) is 3.15. The number of nitrogen functional groups attached to an aromatic ring is 1. The standard InChI is InChI=1S/C12H18N8S2/c1-19(2)10-15-8(14-9(13)16-10)7-21-12-18-17-11(22-12)20-5-3-4-6-20/h3-7H2,1-2H3,(H2,13,14,15,16). The van der Waals surface area contributed by atoms with Crippen molar-refractivity contribution in [3.8, 4) is 0 Å². The fraction of sp³-hybridized carbons (Fsp3) is 0.583. The third kappa shape index (κ3) is 3.55. The second kappa shape index (κ2) is 6.61. The molecule has 3 heterocycles. The first-order valence-electron chi connectivity index (χ1n) is 7.01. The molecule has 0 aromatic carbocycles. The van der Waals surface area contributed by atoms with Crippen LogP contribution in [0.15, 0.2) is 4.34 Å². The Morgan fingerprint density at radius 1 is 1.18 bits per heavy atom. The maximum absolute atomic E-state index is 5.72. The fourth-order valence-electron chi connectivity index (χ4n) is 2.11. The molecule has 8 nitrogen and oxygen atoms in total. The number of thioether (sulfide) groups is 1. The molecule has 2 N–H and O–H groups in total. The van der Waals surface area contributed by atoms with Crippen LogP contribution in [-0.2, 0) is 5.75 Å². The minimum atomic E-state index is 0.240. The number of rotatable bonds is 5. The summed E-state index contributed by atoms with van der Waals surface area (Å²) in [7, 11) is 3.75. The van der Waals surface area contributed by atoms with Gasteiger partial charge in [0.05, 0.1) is 5.75 Å². The van der Waals surface area contributed by atoms with Crippen molar-refractivity contribution >= 4 is 40.1 Å². The zero-order valence-electron chi connectivity index (χ0n) is 12.6. The second-order valence-electron chi connectivity index (χ2n) is 5.14. The number of hydrogen-bond donors (Lipinski definition) is 1. The summed E-state index contributed by atoms with van der Waals surface area (Å²) in [6, 6.07) is 0. The van der Waals surface area contributed by atoms with Crippen LogP contribution in [-0.4, -0.2) is 52.3 Å². The lowest BCUT2D eigenvalue weighted by molar-refractivity contribution is 0.908. The smallest absolute Gasteiger partial charge is 0.229 e. The van der Waals surface area contributed by atoms with Crippen molar-refractivity contribution in [1.29, 1.82) is 0 Å². The van der Waals surface area contributed by atoms with E-state index in [4.69, 9.17) is 5.73 Å². The highest BCUT2D eigenvalue weighted by molar-refractivity contribution is 8.00. The van der Waals surface area contributed by atoms with Crippen LogP contribution >= 0.6 is 23.1 Å². The van der Waals surface area contributed by atoms with Crippen molar-refractivity contribution in [3.05, 3.63) is 5.82 Å². The van der Waals surface area contributed by atoms with Crippen molar-refractivity contribution < 1.29 is 0 Å². The van der Waals surface area contributed by atoms with Crippen molar-refractivity contribution in [2.75, 3.05) is 42.7 Å². The third-order valence-electron chi connectivity index (χ3n) is 3.18. The molecule has 0 amide bonds. The van der Waals surface area contributed by atoms with Crippen LogP contribution in [0.1, 0.15) is 18.7 Å². The quantitative estimate of drug-likeness (QED) is 0.808. The summed E-state index contributed by atoms with van der Waals surface area (Å²) in [4.78, 5) is 16.7. The van der Waals surface area contributed by atoms with E-state index in [0.29, 0.717) is 17.5 Å². The summed E-state index contributed by atoms with van der Waals surface area (Å²) >= 11 is 3.19. The van der Waals surface area contributed by atoms with Crippen LogP contribution in [0.3, 0.4) is 0 Å². The lowest BCUT2D eigenvalue weighted by Crippen LogP contribution is -2.17. The van der Waals surface area contributed by atoms with Gasteiger partial charge in [-0.3, -0.25) is 0 Å². The number of hydrogen-bond acceptors (Lipinski definition) is 10. The minimum absolute atomic E-state index is 0.240. The maximum Gasteiger partial charge on any atom is 0.229 e. The van der Waals surface area contributed by atoms with E-state index in [1.807, 2.05) is 19.0 Å². The molecule has 0 radical (unpaired) electrons. The monoisotopic (exact) mass is 338 g/mol. The summed E-state index contributed by atoms with van der Waals surface area (Å²) in [5.41, 5.74) is 5.72. The molecule has 0 unspecified atom stereocenters. The SMILES string of the molecule is CN(C)c1nc(N)nc(CSc2nnc(N3CCCC3)s2)n1. The largest absolute Gasteiger partial charge is 0.368 e. The van der Waals surface area contributed by atoms with E-state index in [2.05, 4.69) is 30.0 Å². The summed E-state index contributed by atoms with van der Waals surface area (Å²) in [6.07, 6.45) is 2.47. The zero-order valence-corrected chi connectivity index (χ0v) is 14.2. The topological polar surface area (TPSA) is 97.0 Å². The fourth-order valence-corrected chi connectivity index (χ4v) is 3.86. The van der Waals surface area contributed by atoms with Gasteiger partial charge in [-0.2, -0.15) is 15.0 Å². The Kier molecular flexibility index (Phi) is 4.57. The molecule has 0 aliphatic carbocycles. The van der Waals surface area contributed by atoms with Crippen molar-refractivity contribution in [2.24, 2.45) is 0 Å². The van der Waals surface area contributed by atoms with Crippen molar-refractivity contribution in [2.45, 2.75) is 22.9 Å². The summed E-state index contributed by atoms with van der Waals surface area (Å²) in [5, 5.41) is 9.50. The third-order valence-corrected chi connectivity index (χ3v) is 5.30. The molecule has 0 saturated carbocycles. The minimum Gasteiger partial charge on any atom is -0.368 e. The first kappa shape index (κ1) is 15.2. The van der Waals surface area contributed by atoms with E-state index >= 15 is 0 Å². The van der Waals surface area contributed by atoms with Gasteiger partial charge in [0.1, 0.15) is 5.82 Å². The van der Waals surface area contributed by atoms with Gasteiger partial charge in [-0.05, 0) is 12.8 Å². The Morgan fingerprint density at radius 2 is 1.95 bits per heavy atom. The zero-order chi connectivity index (χ0) is 15.5. The Morgan fingerprint density at radius 3 is 2.68 bits per heavy atom. The van der Waals surface area contributed by atoms with Gasteiger partial charge in [-0.15, -0.1) is 10.2 Å². The van der Waals surface area contributed by atoms with Gasteiger partial charge in [-0.25, -0.2) is 0 Å². The molecule has 1 aliphatic heterocycles. The van der Waals surface area contributed by atoms with Gasteiger partial charge in [0, 0.05) is 27.2 Å². The molecule has 0 atom stereocenters. The van der Waals surface area contributed by atoms with E-state index in [1.54, 1.807) is 23.1 Å². The number of nitrogens with zero attached hydrogens (tertiary/aromatic N) is 7. The van der Waals surface area contributed by atoms with Crippen LogP contribution in [0.25, 0.3) is 0 Å². The van der Waals surface area contributed by atoms with E-state index in [9.17, 15) is 0 Å². The van der Waals surface area contributed by atoms with Crippen molar-refractivity contribution in [1.82, 2.24) is 25.1 Å². The van der Waals surface area contributed by atoms with Gasteiger partial charge in [0.15, 0.2) is 4.34 Å². The molecule has 10 heteroatoms. The number of aromatic nitrogens is 5. The lowest BCUT2D eigenvalue weighted by Gasteiger charge is -2.11. The van der Waals surface area contributed by atoms with E-state index in [1.165, 1.54) is 12.8 Å². The van der Waals surface area contributed by atoms with Crippen LogP contribution < -0.4 is 15.5 Å². The first-order valence-corrected chi connectivity index (χ1v) is 8.81. The van der Waals surface area contributed by atoms with Crippen LogP contribution in [0.5, 0.6) is 0 Å². The summed E-state index contributed by atoms with van der Waals surface area (Å²) in [6.45, 7) is 2.16. The molecule has 1 saturated heterocycles. The Labute approximate surface area is 137 Å². The molecule has 3 rings (SSSR count).